The quantitative estimate of drug-likeness (QED) is 0.615. The van der Waals surface area contributed by atoms with E-state index in [4.69, 9.17) is 4.74 Å². The van der Waals surface area contributed by atoms with Gasteiger partial charge in [0, 0.05) is 56.3 Å². The van der Waals surface area contributed by atoms with Crippen LogP contribution in [0.15, 0.2) is 12.1 Å². The number of piperazine rings is 1. The molecule has 1 aromatic rings. The zero-order valence-corrected chi connectivity index (χ0v) is 11.7. The molecule has 2 heterocycles. The average molecular weight is 277 g/mol. The van der Waals surface area contributed by atoms with E-state index in [0.29, 0.717) is 13.2 Å². The maximum atomic E-state index is 11.3. The standard InChI is InChI=1S/C14H19N3O3/c1-15-3-5-16(6-4-15)10-12-9-14-11(2-7-20-14)8-13(12)17(18)19/h8-9H,2-7,10H2,1H3. The van der Waals surface area contributed by atoms with Gasteiger partial charge in [0.1, 0.15) is 5.75 Å². The number of fused-ring (bicyclic) bond motifs is 1. The third kappa shape index (κ3) is 2.62. The second-order valence-corrected chi connectivity index (χ2v) is 5.52. The number of nitro benzene ring substituents is 1. The van der Waals surface area contributed by atoms with Crippen LogP contribution in [0.4, 0.5) is 5.69 Å². The van der Waals surface area contributed by atoms with Crippen LogP contribution in [0.25, 0.3) is 0 Å². The van der Waals surface area contributed by atoms with E-state index in [1.165, 1.54) is 0 Å². The van der Waals surface area contributed by atoms with Crippen molar-refractivity contribution in [2.45, 2.75) is 13.0 Å². The van der Waals surface area contributed by atoms with E-state index in [0.717, 1.165) is 49.5 Å². The van der Waals surface area contributed by atoms with Crippen molar-refractivity contribution in [3.63, 3.8) is 0 Å². The molecule has 2 aliphatic heterocycles. The fourth-order valence-electron chi connectivity index (χ4n) is 2.80. The maximum Gasteiger partial charge on any atom is 0.274 e. The topological polar surface area (TPSA) is 58.9 Å². The lowest BCUT2D eigenvalue weighted by atomic mass is 10.1. The minimum absolute atomic E-state index is 0.230. The third-order valence-electron chi connectivity index (χ3n) is 4.08. The maximum absolute atomic E-state index is 11.3. The minimum atomic E-state index is -0.274. The summed E-state index contributed by atoms with van der Waals surface area (Å²) >= 11 is 0. The van der Waals surface area contributed by atoms with Crippen molar-refractivity contribution in [3.05, 3.63) is 33.4 Å². The van der Waals surface area contributed by atoms with Crippen LogP contribution in [0.5, 0.6) is 5.75 Å². The lowest BCUT2D eigenvalue weighted by Gasteiger charge is -2.32. The zero-order chi connectivity index (χ0) is 14.1. The van der Waals surface area contributed by atoms with E-state index < -0.39 is 0 Å². The van der Waals surface area contributed by atoms with Gasteiger partial charge in [0.2, 0.25) is 0 Å². The zero-order valence-electron chi connectivity index (χ0n) is 11.7. The number of nitro groups is 1. The number of ether oxygens (including phenoxy) is 1. The molecule has 20 heavy (non-hydrogen) atoms. The van der Waals surface area contributed by atoms with E-state index in [1.54, 1.807) is 6.07 Å². The predicted octanol–water partition coefficient (Wildman–Crippen LogP) is 1.28. The van der Waals surface area contributed by atoms with Crippen LogP contribution in [0.3, 0.4) is 0 Å². The first-order valence-electron chi connectivity index (χ1n) is 6.97. The van der Waals surface area contributed by atoms with Gasteiger partial charge in [-0.1, -0.05) is 0 Å². The van der Waals surface area contributed by atoms with Gasteiger partial charge in [0.25, 0.3) is 5.69 Å². The van der Waals surface area contributed by atoms with E-state index in [2.05, 4.69) is 16.8 Å². The smallest absolute Gasteiger partial charge is 0.274 e. The second kappa shape index (κ2) is 5.38. The normalized spacial score (nSPS) is 19.6. The summed E-state index contributed by atoms with van der Waals surface area (Å²) in [5, 5.41) is 11.3. The van der Waals surface area contributed by atoms with Crippen LogP contribution in [-0.2, 0) is 13.0 Å². The lowest BCUT2D eigenvalue weighted by molar-refractivity contribution is -0.385. The van der Waals surface area contributed by atoms with Gasteiger partial charge in [-0.2, -0.15) is 0 Å². The molecule has 2 aliphatic rings. The summed E-state index contributed by atoms with van der Waals surface area (Å²) in [7, 11) is 2.10. The van der Waals surface area contributed by atoms with Crippen LogP contribution in [0.1, 0.15) is 11.1 Å². The van der Waals surface area contributed by atoms with Gasteiger partial charge in [0.15, 0.2) is 0 Å². The van der Waals surface area contributed by atoms with Crippen molar-refractivity contribution < 1.29 is 9.66 Å². The Morgan fingerprint density at radius 1 is 1.30 bits per heavy atom. The van der Waals surface area contributed by atoms with Gasteiger partial charge in [-0.25, -0.2) is 0 Å². The number of benzene rings is 1. The number of hydrogen-bond donors (Lipinski definition) is 0. The summed E-state index contributed by atoms with van der Waals surface area (Å²) in [6.07, 6.45) is 0.769. The Hall–Kier alpha value is -1.66. The molecule has 108 valence electrons. The Morgan fingerprint density at radius 2 is 2.05 bits per heavy atom. The number of likely N-dealkylation sites (N-methyl/N-ethyl adjacent to an activating group) is 1. The molecule has 0 spiro atoms. The Kier molecular flexibility index (Phi) is 3.58. The molecule has 0 aliphatic carbocycles. The van der Waals surface area contributed by atoms with Gasteiger partial charge in [-0.05, 0) is 13.1 Å². The van der Waals surface area contributed by atoms with Crippen molar-refractivity contribution in [2.75, 3.05) is 39.8 Å². The molecule has 6 nitrogen and oxygen atoms in total. The minimum Gasteiger partial charge on any atom is -0.493 e. The average Bonchev–Trinajstić information content (AvgIpc) is 2.87. The first-order valence-corrected chi connectivity index (χ1v) is 6.97. The third-order valence-corrected chi connectivity index (χ3v) is 4.08. The highest BCUT2D eigenvalue weighted by atomic mass is 16.6. The molecule has 0 N–H and O–H groups in total. The molecular weight excluding hydrogens is 258 g/mol. The van der Waals surface area contributed by atoms with Gasteiger partial charge < -0.3 is 9.64 Å². The summed E-state index contributed by atoms with van der Waals surface area (Å²) in [6, 6.07) is 3.55. The largest absolute Gasteiger partial charge is 0.493 e. The van der Waals surface area contributed by atoms with Crippen LogP contribution in [-0.4, -0.2) is 54.6 Å². The Morgan fingerprint density at radius 3 is 2.75 bits per heavy atom. The van der Waals surface area contributed by atoms with Gasteiger partial charge >= 0.3 is 0 Å². The van der Waals surface area contributed by atoms with E-state index >= 15 is 0 Å². The molecule has 1 fully saturated rings. The first kappa shape index (κ1) is 13.3. The van der Waals surface area contributed by atoms with E-state index in [-0.39, 0.29) is 10.6 Å². The number of rotatable bonds is 3. The molecule has 0 unspecified atom stereocenters. The summed E-state index contributed by atoms with van der Waals surface area (Å²) in [5.74, 6) is 0.819. The summed E-state index contributed by atoms with van der Waals surface area (Å²) in [6.45, 7) is 5.17. The van der Waals surface area contributed by atoms with E-state index in [1.807, 2.05) is 6.07 Å². The molecule has 6 heteroatoms. The van der Waals surface area contributed by atoms with Crippen molar-refractivity contribution in [2.24, 2.45) is 0 Å². The van der Waals surface area contributed by atoms with Crippen molar-refractivity contribution in [1.29, 1.82) is 0 Å². The van der Waals surface area contributed by atoms with Crippen LogP contribution in [0.2, 0.25) is 0 Å². The van der Waals surface area contributed by atoms with Crippen LogP contribution < -0.4 is 4.74 Å². The molecule has 1 saturated heterocycles. The van der Waals surface area contributed by atoms with Crippen molar-refractivity contribution in [1.82, 2.24) is 9.80 Å². The Labute approximate surface area is 118 Å². The van der Waals surface area contributed by atoms with E-state index in [9.17, 15) is 10.1 Å². The molecular formula is C14H19N3O3. The summed E-state index contributed by atoms with van der Waals surface area (Å²) in [5.41, 5.74) is 1.95. The fourth-order valence-corrected chi connectivity index (χ4v) is 2.80. The summed E-state index contributed by atoms with van der Waals surface area (Å²) < 4.78 is 5.53. The monoisotopic (exact) mass is 277 g/mol. The van der Waals surface area contributed by atoms with Crippen molar-refractivity contribution in [3.8, 4) is 5.75 Å². The van der Waals surface area contributed by atoms with Gasteiger partial charge in [-0.15, -0.1) is 0 Å². The van der Waals surface area contributed by atoms with Crippen LogP contribution in [0, 0.1) is 10.1 Å². The Bertz CT molecular complexity index is 525. The molecule has 0 bridgehead atoms. The van der Waals surface area contributed by atoms with Gasteiger partial charge in [-0.3, -0.25) is 15.0 Å². The molecule has 0 atom stereocenters. The van der Waals surface area contributed by atoms with Gasteiger partial charge in [0.05, 0.1) is 11.5 Å². The molecule has 0 aromatic heterocycles. The molecule has 0 radical (unpaired) electrons. The molecule has 0 amide bonds. The highest BCUT2D eigenvalue weighted by molar-refractivity contribution is 5.51. The van der Waals surface area contributed by atoms with Crippen molar-refractivity contribution >= 4 is 5.69 Å². The lowest BCUT2D eigenvalue weighted by Crippen LogP contribution is -2.43. The highest BCUT2D eigenvalue weighted by Gasteiger charge is 2.24. The highest BCUT2D eigenvalue weighted by Crippen LogP contribution is 2.33. The molecule has 1 aromatic carbocycles. The summed E-state index contributed by atoms with van der Waals surface area (Å²) in [4.78, 5) is 15.5. The second-order valence-electron chi connectivity index (χ2n) is 5.52. The SMILES string of the molecule is CN1CCN(Cc2cc3c(cc2[N+](=O)[O-])CCO3)CC1. The molecule has 0 saturated carbocycles. The predicted molar refractivity (Wildman–Crippen MR) is 75.1 cm³/mol. The fraction of sp³-hybridized carbons (Fsp3) is 0.571. The Balaban J connectivity index is 1.82. The number of nitrogens with zero attached hydrogens (tertiary/aromatic N) is 3. The van der Waals surface area contributed by atoms with Crippen LogP contribution >= 0.6 is 0 Å². The first-order chi connectivity index (χ1) is 9.63. The number of hydrogen-bond acceptors (Lipinski definition) is 5. The molecule has 3 rings (SSSR count).